The number of hydrogen-bond donors (Lipinski definition) is 2. The molecule has 1 aromatic carbocycles. The summed E-state index contributed by atoms with van der Waals surface area (Å²) in [4.78, 5) is 35.5. The van der Waals surface area contributed by atoms with Crippen molar-refractivity contribution in [2.45, 2.75) is 24.9 Å². The summed E-state index contributed by atoms with van der Waals surface area (Å²) < 4.78 is 84.2. The molecule has 0 saturated carbocycles. The summed E-state index contributed by atoms with van der Waals surface area (Å²) in [6.07, 6.45) is -7.52. The molecule has 11 nitrogen and oxygen atoms in total. The number of anilines is 1. The van der Waals surface area contributed by atoms with Crippen molar-refractivity contribution in [1.82, 2.24) is 29.6 Å². The normalized spacial score (nSPS) is 13.6. The van der Waals surface area contributed by atoms with Gasteiger partial charge in [-0.3, -0.25) is 4.79 Å². The van der Waals surface area contributed by atoms with E-state index in [4.69, 9.17) is 5.73 Å². The van der Waals surface area contributed by atoms with Gasteiger partial charge in [-0.15, -0.1) is 0 Å². The first-order chi connectivity index (χ1) is 17.1. The molecule has 2 heterocycles. The van der Waals surface area contributed by atoms with Crippen LogP contribution in [-0.4, -0.2) is 72.7 Å². The van der Waals surface area contributed by atoms with Crippen LogP contribution in [0.2, 0.25) is 0 Å². The molecule has 0 radical (unpaired) electrons. The van der Waals surface area contributed by atoms with Gasteiger partial charge >= 0.3 is 18.3 Å². The maximum absolute atomic E-state index is 14.1. The second-order valence-corrected chi connectivity index (χ2v) is 7.60. The van der Waals surface area contributed by atoms with Gasteiger partial charge in [-0.1, -0.05) is 12.1 Å². The number of aromatic nitrogens is 5. The Bertz CT molecular complexity index is 1310. The third-order valence-corrected chi connectivity index (χ3v) is 5.04. The number of ether oxygens (including phenoxy) is 1. The van der Waals surface area contributed by atoms with Crippen LogP contribution in [0.3, 0.4) is 0 Å². The summed E-state index contributed by atoms with van der Waals surface area (Å²) in [5, 5.41) is 14.5. The van der Waals surface area contributed by atoms with Crippen LogP contribution >= 0.6 is 0 Å². The average molecular weight is 533 g/mol. The highest BCUT2D eigenvalue weighted by Gasteiger charge is 2.62. The minimum Gasteiger partial charge on any atom is -0.438 e. The minimum atomic E-state index is -5.64. The van der Waals surface area contributed by atoms with Crippen LogP contribution in [0.1, 0.15) is 11.1 Å². The van der Waals surface area contributed by atoms with Crippen molar-refractivity contribution in [3.63, 3.8) is 0 Å². The number of halogens is 6. The van der Waals surface area contributed by atoms with Gasteiger partial charge in [0.2, 0.25) is 0 Å². The van der Waals surface area contributed by atoms with Crippen LogP contribution in [0, 0.1) is 6.92 Å². The van der Waals surface area contributed by atoms with Gasteiger partial charge in [-0.2, -0.15) is 36.1 Å². The molecule has 0 fully saturated rings. The molecule has 1 amide bonds. The topological polar surface area (TPSA) is 149 Å². The summed E-state index contributed by atoms with van der Waals surface area (Å²) >= 11 is 0. The molecule has 3 aromatic rings. The van der Waals surface area contributed by atoms with Gasteiger partial charge in [0.05, 0.1) is 11.9 Å². The predicted molar refractivity (Wildman–Crippen MR) is 111 cm³/mol. The third kappa shape index (κ3) is 5.30. The molecular formula is C20H17F6N7O4. The summed E-state index contributed by atoms with van der Waals surface area (Å²) in [6.45, 7) is -0.0115. The fourth-order valence-corrected chi connectivity index (χ4v) is 3.11. The van der Waals surface area contributed by atoms with E-state index in [9.17, 15) is 41.0 Å². The van der Waals surface area contributed by atoms with Gasteiger partial charge in [0.25, 0.3) is 11.5 Å². The van der Waals surface area contributed by atoms with E-state index >= 15 is 0 Å². The zero-order valence-corrected chi connectivity index (χ0v) is 18.9. The van der Waals surface area contributed by atoms with Crippen molar-refractivity contribution in [2.24, 2.45) is 0 Å². The Kier molecular flexibility index (Phi) is 7.12. The largest absolute Gasteiger partial charge is 0.490 e. The maximum Gasteiger partial charge on any atom is 0.490 e. The number of aliphatic hydroxyl groups is 1. The molecule has 2 aromatic heterocycles. The van der Waals surface area contributed by atoms with Gasteiger partial charge in [0.1, 0.15) is 12.7 Å². The quantitative estimate of drug-likeness (QED) is 0.275. The van der Waals surface area contributed by atoms with E-state index in [1.54, 1.807) is 0 Å². The van der Waals surface area contributed by atoms with E-state index < -0.39 is 42.1 Å². The molecule has 17 heteroatoms. The second kappa shape index (κ2) is 9.64. The first kappa shape index (κ1) is 27.3. The number of esters is 1. The Labute approximate surface area is 203 Å². The van der Waals surface area contributed by atoms with Gasteiger partial charge in [-0.05, 0) is 18.6 Å². The zero-order chi connectivity index (χ0) is 27.8. The zero-order valence-electron chi connectivity index (χ0n) is 18.9. The SMILES string of the molecule is Cc1ccc([C@](O)(C(=O)N(C)COC(=O)C(F)(F)F)C(F)(F)F)cc1-c1cnc(N)c(-n2cncn2)n1. The number of benzene rings is 1. The van der Waals surface area contributed by atoms with Crippen molar-refractivity contribution in [3.8, 4) is 17.1 Å². The summed E-state index contributed by atoms with van der Waals surface area (Å²) in [5.41, 5.74) is 0.933. The van der Waals surface area contributed by atoms with E-state index in [-0.39, 0.29) is 27.8 Å². The first-order valence-corrected chi connectivity index (χ1v) is 9.95. The Morgan fingerprint density at radius 2 is 1.86 bits per heavy atom. The second-order valence-electron chi connectivity index (χ2n) is 7.60. The summed E-state index contributed by atoms with van der Waals surface area (Å²) in [6, 6.07) is 2.79. The standard InChI is InChI=1S/C20H17F6N7O4/c1-10-3-4-11(5-12(10)13-6-29-14(27)15(31-13)33-8-28-7-30-33)18(36,20(24,25)26)16(34)32(2)9-37-17(35)19(21,22)23/h3-8,36H,9H2,1-2H3,(H2,27,29)/t18-/m0/s1. The van der Waals surface area contributed by atoms with Crippen molar-refractivity contribution in [1.29, 1.82) is 0 Å². The Hall–Kier alpha value is -4.28. The van der Waals surface area contributed by atoms with Crippen molar-refractivity contribution in [2.75, 3.05) is 19.5 Å². The van der Waals surface area contributed by atoms with E-state index in [0.717, 1.165) is 29.1 Å². The lowest BCUT2D eigenvalue weighted by Crippen LogP contribution is -2.55. The molecule has 198 valence electrons. The van der Waals surface area contributed by atoms with Gasteiger partial charge in [-0.25, -0.2) is 19.7 Å². The smallest absolute Gasteiger partial charge is 0.438 e. The van der Waals surface area contributed by atoms with Crippen LogP contribution in [0.5, 0.6) is 0 Å². The van der Waals surface area contributed by atoms with Crippen LogP contribution in [0.15, 0.2) is 37.1 Å². The number of carbonyl (C=O) groups excluding carboxylic acids is 2. The number of alkyl halides is 6. The van der Waals surface area contributed by atoms with Gasteiger partial charge < -0.3 is 20.5 Å². The molecule has 0 aliphatic carbocycles. The maximum atomic E-state index is 14.1. The molecule has 0 unspecified atom stereocenters. The molecule has 0 aliphatic heterocycles. The van der Waals surface area contributed by atoms with Gasteiger partial charge in [0.15, 0.2) is 18.4 Å². The first-order valence-electron chi connectivity index (χ1n) is 9.95. The van der Waals surface area contributed by atoms with Crippen LogP contribution in [0.25, 0.3) is 17.1 Å². The van der Waals surface area contributed by atoms with E-state index in [0.29, 0.717) is 12.6 Å². The molecule has 37 heavy (non-hydrogen) atoms. The highest BCUT2D eigenvalue weighted by Crippen LogP contribution is 2.42. The lowest BCUT2D eigenvalue weighted by Gasteiger charge is -2.33. The Balaban J connectivity index is 2.04. The molecule has 0 bridgehead atoms. The number of nitrogen functional groups attached to an aromatic ring is 1. The van der Waals surface area contributed by atoms with Crippen LogP contribution < -0.4 is 5.73 Å². The van der Waals surface area contributed by atoms with Crippen LogP contribution in [-0.2, 0) is 19.9 Å². The van der Waals surface area contributed by atoms with Crippen molar-refractivity contribution >= 4 is 17.7 Å². The fourth-order valence-electron chi connectivity index (χ4n) is 3.11. The average Bonchev–Trinajstić information content (AvgIpc) is 3.35. The number of hydrogen-bond acceptors (Lipinski definition) is 9. The number of likely N-dealkylation sites (N-methyl/N-ethyl adjacent to an activating group) is 1. The number of nitrogens with zero attached hydrogens (tertiary/aromatic N) is 6. The van der Waals surface area contributed by atoms with Crippen LogP contribution in [0.4, 0.5) is 32.2 Å². The molecule has 0 saturated heterocycles. The number of amides is 1. The highest BCUT2D eigenvalue weighted by molar-refractivity contribution is 5.88. The minimum absolute atomic E-state index is 0.00632. The molecule has 1 atom stereocenters. The fraction of sp³-hybridized carbons (Fsp3) is 0.300. The molecule has 0 aliphatic rings. The lowest BCUT2D eigenvalue weighted by atomic mass is 9.88. The predicted octanol–water partition coefficient (Wildman–Crippen LogP) is 1.89. The molecule has 3 rings (SSSR count). The number of nitrogens with two attached hydrogens (primary N) is 1. The number of aryl methyl sites for hydroxylation is 1. The number of carbonyl (C=O) groups is 2. The molecule has 0 spiro atoms. The summed E-state index contributed by atoms with van der Waals surface area (Å²) in [7, 11) is 0.619. The highest BCUT2D eigenvalue weighted by atomic mass is 19.4. The Morgan fingerprint density at radius 3 is 2.43 bits per heavy atom. The van der Waals surface area contributed by atoms with E-state index in [1.807, 2.05) is 0 Å². The third-order valence-electron chi connectivity index (χ3n) is 5.04. The van der Waals surface area contributed by atoms with Crippen molar-refractivity contribution in [3.05, 3.63) is 48.2 Å². The summed E-state index contributed by atoms with van der Waals surface area (Å²) in [5.74, 6) is -4.92. The lowest BCUT2D eigenvalue weighted by molar-refractivity contribution is -0.263. The number of rotatable bonds is 6. The molecular weight excluding hydrogens is 516 g/mol. The monoisotopic (exact) mass is 533 g/mol. The van der Waals surface area contributed by atoms with E-state index in [1.165, 1.54) is 19.6 Å². The van der Waals surface area contributed by atoms with Crippen molar-refractivity contribution < 1.29 is 45.8 Å². The Morgan fingerprint density at radius 1 is 1.19 bits per heavy atom. The molecule has 3 N–H and O–H groups in total. The van der Waals surface area contributed by atoms with Gasteiger partial charge in [0, 0.05) is 18.2 Å². The van der Waals surface area contributed by atoms with E-state index in [2.05, 4.69) is 24.8 Å².